The summed E-state index contributed by atoms with van der Waals surface area (Å²) in [7, 11) is 0. The standard InChI is InChI=1S/C17H22O5/c1-12(10-21-13(2)18)8-15(19)9-17(3)6-4-16(22-17)14-5-7-20-11-14/h5,7-8,11,16H,4,6,9-10H2,1-3H3/t16-,17-/m1/s1. The molecule has 0 radical (unpaired) electrons. The van der Waals surface area contributed by atoms with Crippen molar-refractivity contribution in [1.82, 2.24) is 0 Å². The number of hydrogen-bond donors (Lipinski definition) is 0. The SMILES string of the molecule is CC(=O)OCC(C)=CC(=O)C[C@@]1(C)CC[C@H](c2ccoc2)O1. The molecule has 5 heteroatoms. The molecule has 0 bridgehead atoms. The third-order valence-corrected chi connectivity index (χ3v) is 3.74. The maximum atomic E-state index is 12.1. The number of ketones is 1. The fourth-order valence-electron chi connectivity index (χ4n) is 2.67. The van der Waals surface area contributed by atoms with Crippen molar-refractivity contribution in [2.75, 3.05) is 6.61 Å². The highest BCUT2D eigenvalue weighted by Gasteiger charge is 2.38. The molecule has 2 heterocycles. The molecule has 1 aromatic rings. The first-order valence-electron chi connectivity index (χ1n) is 7.41. The van der Waals surface area contributed by atoms with Crippen LogP contribution >= 0.6 is 0 Å². The second kappa shape index (κ2) is 6.92. The zero-order valence-electron chi connectivity index (χ0n) is 13.3. The molecule has 22 heavy (non-hydrogen) atoms. The summed E-state index contributed by atoms with van der Waals surface area (Å²) in [5.41, 5.74) is 1.28. The van der Waals surface area contributed by atoms with Crippen LogP contribution in [0.3, 0.4) is 0 Å². The lowest BCUT2D eigenvalue weighted by Crippen LogP contribution is -2.26. The Balaban J connectivity index is 1.88. The van der Waals surface area contributed by atoms with Crippen LogP contribution in [-0.4, -0.2) is 24.0 Å². The topological polar surface area (TPSA) is 65.7 Å². The van der Waals surface area contributed by atoms with Gasteiger partial charge >= 0.3 is 5.97 Å². The lowest BCUT2D eigenvalue weighted by molar-refractivity contribution is -0.140. The van der Waals surface area contributed by atoms with Crippen LogP contribution < -0.4 is 0 Å². The third-order valence-electron chi connectivity index (χ3n) is 3.74. The molecule has 1 fully saturated rings. The number of allylic oxidation sites excluding steroid dienone is 1. The van der Waals surface area contributed by atoms with Gasteiger partial charge in [-0.2, -0.15) is 0 Å². The summed E-state index contributed by atoms with van der Waals surface area (Å²) in [5.74, 6) is -0.366. The molecule has 1 saturated heterocycles. The average Bonchev–Trinajstić information content (AvgIpc) is 3.05. The zero-order valence-corrected chi connectivity index (χ0v) is 13.3. The monoisotopic (exact) mass is 306 g/mol. The van der Waals surface area contributed by atoms with Gasteiger partial charge in [-0.3, -0.25) is 9.59 Å². The number of esters is 1. The molecule has 0 aromatic carbocycles. The van der Waals surface area contributed by atoms with Crippen molar-refractivity contribution in [3.63, 3.8) is 0 Å². The Bertz CT molecular complexity index is 558. The number of rotatable bonds is 6. The van der Waals surface area contributed by atoms with Crippen LogP contribution in [0.2, 0.25) is 0 Å². The van der Waals surface area contributed by atoms with Crippen molar-refractivity contribution in [2.24, 2.45) is 0 Å². The number of ether oxygens (including phenoxy) is 2. The first kappa shape index (κ1) is 16.5. The van der Waals surface area contributed by atoms with Gasteiger partial charge in [0.25, 0.3) is 0 Å². The zero-order chi connectivity index (χ0) is 16.2. The summed E-state index contributed by atoms with van der Waals surface area (Å²) in [6.07, 6.45) is 6.84. The normalized spacial score (nSPS) is 25.2. The highest BCUT2D eigenvalue weighted by Crippen LogP contribution is 2.41. The predicted octanol–water partition coefficient (Wildman–Crippen LogP) is 3.36. The maximum absolute atomic E-state index is 12.1. The summed E-state index contributed by atoms with van der Waals surface area (Å²) in [6.45, 7) is 5.22. The molecule has 0 N–H and O–H groups in total. The second-order valence-electron chi connectivity index (χ2n) is 6.07. The fraction of sp³-hybridized carbons (Fsp3) is 0.529. The van der Waals surface area contributed by atoms with E-state index in [9.17, 15) is 9.59 Å². The Labute approximate surface area is 130 Å². The maximum Gasteiger partial charge on any atom is 0.302 e. The van der Waals surface area contributed by atoms with Gasteiger partial charge in [0.15, 0.2) is 5.78 Å². The number of carbonyl (C=O) groups is 2. The first-order valence-corrected chi connectivity index (χ1v) is 7.41. The van der Waals surface area contributed by atoms with Gasteiger partial charge in [-0.05, 0) is 44.4 Å². The molecule has 0 amide bonds. The summed E-state index contributed by atoms with van der Waals surface area (Å²) in [5, 5.41) is 0. The van der Waals surface area contributed by atoms with E-state index in [1.54, 1.807) is 19.5 Å². The van der Waals surface area contributed by atoms with Crippen molar-refractivity contribution in [3.05, 3.63) is 35.8 Å². The minimum absolute atomic E-state index is 0.0114. The van der Waals surface area contributed by atoms with Gasteiger partial charge in [0, 0.05) is 18.9 Å². The van der Waals surface area contributed by atoms with Crippen LogP contribution in [-0.2, 0) is 19.1 Å². The molecule has 2 rings (SSSR count). The molecule has 1 aliphatic heterocycles. The smallest absolute Gasteiger partial charge is 0.302 e. The quantitative estimate of drug-likeness (QED) is 0.595. The summed E-state index contributed by atoms with van der Waals surface area (Å²) in [4.78, 5) is 22.9. The molecule has 2 atom stereocenters. The Morgan fingerprint density at radius 1 is 1.45 bits per heavy atom. The van der Waals surface area contributed by atoms with Crippen LogP contribution in [0.15, 0.2) is 34.7 Å². The molecule has 0 spiro atoms. The van der Waals surface area contributed by atoms with Gasteiger partial charge < -0.3 is 13.9 Å². The summed E-state index contributed by atoms with van der Waals surface area (Å²) in [6, 6.07) is 1.89. The van der Waals surface area contributed by atoms with E-state index in [0.717, 1.165) is 24.0 Å². The van der Waals surface area contributed by atoms with E-state index < -0.39 is 5.60 Å². The first-order chi connectivity index (χ1) is 10.4. The summed E-state index contributed by atoms with van der Waals surface area (Å²) < 4.78 is 16.0. The molecule has 120 valence electrons. The number of furan rings is 1. The predicted molar refractivity (Wildman–Crippen MR) is 80.2 cm³/mol. The molecular formula is C17H22O5. The average molecular weight is 306 g/mol. The van der Waals surface area contributed by atoms with Gasteiger partial charge in [-0.1, -0.05) is 0 Å². The highest BCUT2D eigenvalue weighted by atomic mass is 16.5. The van der Waals surface area contributed by atoms with E-state index >= 15 is 0 Å². The lowest BCUT2D eigenvalue weighted by atomic mass is 9.94. The second-order valence-corrected chi connectivity index (χ2v) is 6.07. The van der Waals surface area contributed by atoms with Crippen LogP contribution in [0.1, 0.15) is 51.7 Å². The Morgan fingerprint density at radius 3 is 2.86 bits per heavy atom. The molecule has 0 aliphatic carbocycles. The van der Waals surface area contributed by atoms with Crippen LogP contribution in [0, 0.1) is 0 Å². The van der Waals surface area contributed by atoms with E-state index in [1.165, 1.54) is 13.0 Å². The highest BCUT2D eigenvalue weighted by molar-refractivity contribution is 5.91. The fourth-order valence-corrected chi connectivity index (χ4v) is 2.67. The van der Waals surface area contributed by atoms with Gasteiger partial charge in [-0.25, -0.2) is 0 Å². The summed E-state index contributed by atoms with van der Waals surface area (Å²) >= 11 is 0. The van der Waals surface area contributed by atoms with Crippen LogP contribution in [0.25, 0.3) is 0 Å². The van der Waals surface area contributed by atoms with Gasteiger partial charge in [0.2, 0.25) is 0 Å². The van der Waals surface area contributed by atoms with Crippen LogP contribution in [0.4, 0.5) is 0 Å². The Morgan fingerprint density at radius 2 is 2.23 bits per heavy atom. The van der Waals surface area contributed by atoms with E-state index in [0.29, 0.717) is 6.42 Å². The van der Waals surface area contributed by atoms with Crippen molar-refractivity contribution < 1.29 is 23.5 Å². The molecular weight excluding hydrogens is 284 g/mol. The van der Waals surface area contributed by atoms with E-state index in [4.69, 9.17) is 13.9 Å². The molecule has 1 aliphatic rings. The van der Waals surface area contributed by atoms with Gasteiger partial charge in [-0.15, -0.1) is 0 Å². The number of hydrogen-bond acceptors (Lipinski definition) is 5. The van der Waals surface area contributed by atoms with Crippen molar-refractivity contribution >= 4 is 11.8 Å². The van der Waals surface area contributed by atoms with Crippen LogP contribution in [0.5, 0.6) is 0 Å². The minimum Gasteiger partial charge on any atom is -0.472 e. The third kappa shape index (κ3) is 4.56. The Hall–Kier alpha value is -1.88. The molecule has 0 unspecified atom stereocenters. The molecule has 5 nitrogen and oxygen atoms in total. The van der Waals surface area contributed by atoms with E-state index in [1.807, 2.05) is 13.0 Å². The van der Waals surface area contributed by atoms with E-state index in [2.05, 4.69) is 0 Å². The lowest BCUT2D eigenvalue weighted by Gasteiger charge is -2.23. The molecule has 1 aromatic heterocycles. The van der Waals surface area contributed by atoms with Crippen molar-refractivity contribution in [1.29, 1.82) is 0 Å². The van der Waals surface area contributed by atoms with Crippen molar-refractivity contribution in [2.45, 2.75) is 51.7 Å². The minimum atomic E-state index is -0.461. The molecule has 0 saturated carbocycles. The van der Waals surface area contributed by atoms with Crippen molar-refractivity contribution in [3.8, 4) is 0 Å². The largest absolute Gasteiger partial charge is 0.472 e. The van der Waals surface area contributed by atoms with Gasteiger partial charge in [0.1, 0.15) is 6.61 Å². The van der Waals surface area contributed by atoms with E-state index in [-0.39, 0.29) is 24.5 Å². The number of carbonyl (C=O) groups excluding carboxylic acids is 2. The Kier molecular flexibility index (Phi) is 5.19. The van der Waals surface area contributed by atoms with Gasteiger partial charge in [0.05, 0.1) is 24.2 Å².